The lowest BCUT2D eigenvalue weighted by Crippen LogP contribution is -2.23. The maximum Gasteiger partial charge on any atom is 0.443 e. The normalized spacial score (nSPS) is 13.4. The smallest absolute Gasteiger partial charge is 0.305 e. The molecule has 0 radical (unpaired) electrons. The molecule has 0 amide bonds. The predicted octanol–water partition coefficient (Wildman–Crippen LogP) is 3.82. The fourth-order valence-electron chi connectivity index (χ4n) is 2.10. The van der Waals surface area contributed by atoms with Gasteiger partial charge in [-0.25, -0.2) is 4.98 Å². The zero-order valence-corrected chi connectivity index (χ0v) is 12.6. The minimum absolute atomic E-state index is 0.361. The third kappa shape index (κ3) is 3.59. The summed E-state index contributed by atoms with van der Waals surface area (Å²) in [5.74, 6) is 0. The first-order valence-electron chi connectivity index (χ1n) is 6.67. The number of thiazole rings is 1. The third-order valence-corrected chi connectivity index (χ3v) is 4.15. The average Bonchev–Trinajstić information content (AvgIpc) is 2.94. The summed E-state index contributed by atoms with van der Waals surface area (Å²) in [5, 5.41) is 2.37. The monoisotopic (exact) mass is 315 g/mol. The first-order valence-corrected chi connectivity index (χ1v) is 7.49. The molecule has 0 saturated heterocycles. The molecule has 21 heavy (non-hydrogen) atoms. The number of hydrogen-bond donors (Lipinski definition) is 1. The minimum Gasteiger partial charge on any atom is -0.305 e. The number of rotatable bonds is 5. The molecule has 0 bridgehead atoms. The maximum atomic E-state index is 12.7. The van der Waals surface area contributed by atoms with E-state index in [1.807, 2.05) is 26.0 Å². The molecule has 2 rings (SSSR count). The van der Waals surface area contributed by atoms with Crippen LogP contribution in [0.4, 0.5) is 13.2 Å². The Hall–Kier alpha value is -1.47. The highest BCUT2D eigenvalue weighted by Gasteiger charge is 2.35. The van der Waals surface area contributed by atoms with Crippen LogP contribution in [-0.2, 0) is 12.6 Å². The number of hydrogen-bond acceptors (Lipinski definition) is 4. The Kier molecular flexibility index (Phi) is 4.95. The average molecular weight is 315 g/mol. The topological polar surface area (TPSA) is 37.8 Å². The summed E-state index contributed by atoms with van der Waals surface area (Å²) in [6, 6.07) is 3.41. The van der Waals surface area contributed by atoms with Crippen molar-refractivity contribution in [2.45, 2.75) is 32.5 Å². The van der Waals surface area contributed by atoms with Gasteiger partial charge in [-0.2, -0.15) is 13.2 Å². The van der Waals surface area contributed by atoms with Crippen LogP contribution in [0.2, 0.25) is 0 Å². The largest absolute Gasteiger partial charge is 0.443 e. The van der Waals surface area contributed by atoms with Gasteiger partial charge in [0.15, 0.2) is 5.01 Å². The van der Waals surface area contributed by atoms with Crippen molar-refractivity contribution in [3.8, 4) is 0 Å². The Morgan fingerprint density at radius 2 is 2.05 bits per heavy atom. The van der Waals surface area contributed by atoms with Crippen LogP contribution in [0.5, 0.6) is 0 Å². The van der Waals surface area contributed by atoms with Crippen molar-refractivity contribution in [1.82, 2.24) is 15.3 Å². The number of halogens is 3. The molecule has 1 N–H and O–H groups in total. The highest BCUT2D eigenvalue weighted by atomic mass is 32.1. The lowest BCUT2D eigenvalue weighted by atomic mass is 10.0. The van der Waals surface area contributed by atoms with Gasteiger partial charge in [0, 0.05) is 17.3 Å². The zero-order valence-electron chi connectivity index (χ0n) is 11.7. The minimum atomic E-state index is -4.41. The van der Waals surface area contributed by atoms with Crippen molar-refractivity contribution in [1.29, 1.82) is 0 Å². The van der Waals surface area contributed by atoms with Crippen LogP contribution in [0, 0.1) is 0 Å². The standard InChI is InChI=1S/C14H16F3N3S/c1-3-9-6-5-7-19-11(9)12(18-4-2)10-8-20-13(21-10)14(15,16)17/h5-8,12,18H,3-4H2,1-2H3. The SMILES string of the molecule is CCNC(c1cnc(C(F)(F)F)s1)c1ncccc1CC. The van der Waals surface area contributed by atoms with Crippen LogP contribution in [0.15, 0.2) is 24.5 Å². The summed E-state index contributed by atoms with van der Waals surface area (Å²) in [6.07, 6.45) is -0.688. The van der Waals surface area contributed by atoms with E-state index in [0.717, 1.165) is 17.7 Å². The molecule has 1 atom stereocenters. The van der Waals surface area contributed by atoms with Crippen molar-refractivity contribution in [3.63, 3.8) is 0 Å². The summed E-state index contributed by atoms with van der Waals surface area (Å²) < 4.78 is 38.1. The van der Waals surface area contributed by atoms with E-state index in [1.165, 1.54) is 6.20 Å². The molecular formula is C14H16F3N3S. The fraction of sp³-hybridized carbons (Fsp3) is 0.429. The molecule has 0 spiro atoms. The molecule has 0 aromatic carbocycles. The van der Waals surface area contributed by atoms with Gasteiger partial charge in [0.05, 0.1) is 11.7 Å². The Labute approximate surface area is 125 Å². The quantitative estimate of drug-likeness (QED) is 0.911. The van der Waals surface area contributed by atoms with Crippen molar-refractivity contribution < 1.29 is 13.2 Å². The van der Waals surface area contributed by atoms with Gasteiger partial charge < -0.3 is 5.32 Å². The van der Waals surface area contributed by atoms with Gasteiger partial charge in [0.25, 0.3) is 0 Å². The van der Waals surface area contributed by atoms with E-state index >= 15 is 0 Å². The van der Waals surface area contributed by atoms with Crippen LogP contribution in [0.25, 0.3) is 0 Å². The molecule has 2 aromatic rings. The van der Waals surface area contributed by atoms with Crippen LogP contribution in [0.1, 0.15) is 41.0 Å². The molecule has 0 aliphatic heterocycles. The van der Waals surface area contributed by atoms with E-state index in [4.69, 9.17) is 0 Å². The van der Waals surface area contributed by atoms with Gasteiger partial charge in [-0.1, -0.05) is 19.9 Å². The van der Waals surface area contributed by atoms with E-state index in [0.29, 0.717) is 22.8 Å². The second-order valence-electron chi connectivity index (χ2n) is 4.46. The maximum absolute atomic E-state index is 12.7. The Morgan fingerprint density at radius 1 is 1.29 bits per heavy atom. The van der Waals surface area contributed by atoms with Gasteiger partial charge in [-0.05, 0) is 24.6 Å². The van der Waals surface area contributed by atoms with E-state index in [2.05, 4.69) is 15.3 Å². The molecule has 0 fully saturated rings. The van der Waals surface area contributed by atoms with E-state index in [9.17, 15) is 13.2 Å². The van der Waals surface area contributed by atoms with Crippen molar-refractivity contribution in [2.75, 3.05) is 6.54 Å². The van der Waals surface area contributed by atoms with Gasteiger partial charge >= 0.3 is 6.18 Å². The second-order valence-corrected chi connectivity index (χ2v) is 5.52. The molecule has 0 aliphatic rings. The Bertz CT molecular complexity index is 595. The highest BCUT2D eigenvalue weighted by Crippen LogP contribution is 2.36. The number of pyridine rings is 1. The van der Waals surface area contributed by atoms with E-state index < -0.39 is 11.2 Å². The van der Waals surface area contributed by atoms with Crippen LogP contribution in [-0.4, -0.2) is 16.5 Å². The second kappa shape index (κ2) is 6.53. The fourth-order valence-corrected chi connectivity index (χ4v) is 2.96. The number of nitrogens with one attached hydrogen (secondary N) is 1. The van der Waals surface area contributed by atoms with Crippen molar-refractivity contribution in [2.24, 2.45) is 0 Å². The van der Waals surface area contributed by atoms with E-state index in [-0.39, 0.29) is 6.04 Å². The Balaban J connectivity index is 2.41. The van der Waals surface area contributed by atoms with Crippen LogP contribution in [0.3, 0.4) is 0 Å². The van der Waals surface area contributed by atoms with Gasteiger partial charge in [0.1, 0.15) is 0 Å². The van der Waals surface area contributed by atoms with Crippen LogP contribution < -0.4 is 5.32 Å². The summed E-state index contributed by atoms with van der Waals surface area (Å²) >= 11 is 0.663. The van der Waals surface area contributed by atoms with Gasteiger partial charge in [-0.15, -0.1) is 11.3 Å². The van der Waals surface area contributed by atoms with Crippen molar-refractivity contribution in [3.05, 3.63) is 45.7 Å². The molecule has 0 saturated carbocycles. The first-order chi connectivity index (χ1) is 9.97. The molecule has 2 heterocycles. The molecule has 2 aromatic heterocycles. The predicted molar refractivity (Wildman–Crippen MR) is 76.3 cm³/mol. The molecule has 1 unspecified atom stereocenters. The zero-order chi connectivity index (χ0) is 15.5. The van der Waals surface area contributed by atoms with Crippen molar-refractivity contribution >= 4 is 11.3 Å². The molecule has 0 aliphatic carbocycles. The first kappa shape index (κ1) is 15.9. The number of aromatic nitrogens is 2. The lowest BCUT2D eigenvalue weighted by molar-refractivity contribution is -0.137. The Morgan fingerprint density at radius 3 is 2.62 bits per heavy atom. The van der Waals surface area contributed by atoms with E-state index in [1.54, 1.807) is 6.20 Å². The lowest BCUT2D eigenvalue weighted by Gasteiger charge is -2.18. The van der Waals surface area contributed by atoms with Gasteiger partial charge in [-0.3, -0.25) is 4.98 Å². The highest BCUT2D eigenvalue weighted by molar-refractivity contribution is 7.11. The third-order valence-electron chi connectivity index (χ3n) is 3.04. The van der Waals surface area contributed by atoms with Crippen LogP contribution >= 0.6 is 11.3 Å². The molecule has 114 valence electrons. The summed E-state index contributed by atoms with van der Waals surface area (Å²) in [6.45, 7) is 4.54. The molecular weight excluding hydrogens is 299 g/mol. The number of nitrogens with zero attached hydrogens (tertiary/aromatic N) is 2. The summed E-state index contributed by atoms with van der Waals surface area (Å²) in [4.78, 5) is 8.37. The molecule has 7 heteroatoms. The summed E-state index contributed by atoms with van der Waals surface area (Å²) in [7, 11) is 0. The number of alkyl halides is 3. The molecule has 3 nitrogen and oxygen atoms in total. The summed E-state index contributed by atoms with van der Waals surface area (Å²) in [5.41, 5.74) is 1.78. The van der Waals surface area contributed by atoms with Gasteiger partial charge in [0.2, 0.25) is 0 Å². The number of aryl methyl sites for hydroxylation is 1.